The van der Waals surface area contributed by atoms with E-state index in [1.807, 2.05) is 0 Å². The van der Waals surface area contributed by atoms with Crippen LogP contribution in [0.25, 0.3) is 0 Å². The molecular weight excluding hydrogens is 188 g/mol. The molecule has 0 bridgehead atoms. The van der Waals surface area contributed by atoms with Crippen molar-refractivity contribution in [1.82, 2.24) is 4.90 Å². The number of hydrogen-bond donors (Lipinski definition) is 3. The Labute approximate surface area is 81.2 Å². The number of nitrogens with zero attached hydrogens (tertiary/aromatic N) is 1. The first-order valence-electron chi connectivity index (χ1n) is 4.57. The third-order valence-electron chi connectivity index (χ3n) is 2.99. The van der Waals surface area contributed by atoms with Crippen LogP contribution in [-0.4, -0.2) is 58.6 Å². The second-order valence-electron chi connectivity index (χ2n) is 3.91. The van der Waals surface area contributed by atoms with Crippen LogP contribution in [-0.2, 0) is 4.74 Å². The highest BCUT2D eigenvalue weighted by Gasteiger charge is 2.52. The van der Waals surface area contributed by atoms with Crippen LogP contribution >= 0.6 is 0 Å². The summed E-state index contributed by atoms with van der Waals surface area (Å²) in [6, 6.07) is -1.01. The highest BCUT2D eigenvalue weighted by molar-refractivity contribution is 5.70. The molecule has 1 heterocycles. The average Bonchev–Trinajstić information content (AvgIpc) is 2.40. The fourth-order valence-corrected chi connectivity index (χ4v) is 2.16. The van der Waals surface area contributed by atoms with E-state index < -0.39 is 36.5 Å². The molecule has 1 aliphatic heterocycles. The summed E-state index contributed by atoms with van der Waals surface area (Å²) in [5.41, 5.74) is 5.60. The van der Waals surface area contributed by atoms with Gasteiger partial charge in [-0.15, -0.1) is 0 Å². The van der Waals surface area contributed by atoms with Crippen molar-refractivity contribution in [3.63, 3.8) is 0 Å². The lowest BCUT2D eigenvalue weighted by atomic mass is 9.84. The molecule has 5 atom stereocenters. The smallest absolute Gasteiger partial charge is 0.410 e. The fourth-order valence-electron chi connectivity index (χ4n) is 2.16. The molecule has 0 aromatic carbocycles. The molecule has 0 spiro atoms. The van der Waals surface area contributed by atoms with Gasteiger partial charge < -0.3 is 25.6 Å². The maximum atomic E-state index is 11.2. The third kappa shape index (κ3) is 1.18. The number of carbonyl (C=O) groups excluding carboxylic acids is 1. The van der Waals surface area contributed by atoms with Crippen molar-refractivity contribution in [3.05, 3.63) is 0 Å². The van der Waals surface area contributed by atoms with Gasteiger partial charge in [0.1, 0.15) is 12.1 Å². The number of aliphatic hydroxyl groups is 2. The summed E-state index contributed by atoms with van der Waals surface area (Å²) < 4.78 is 4.93. The lowest BCUT2D eigenvalue weighted by molar-refractivity contribution is -0.0650. The first-order valence-corrected chi connectivity index (χ1v) is 4.57. The molecule has 80 valence electrons. The molecule has 14 heavy (non-hydrogen) atoms. The molecule has 1 aliphatic carbocycles. The third-order valence-corrected chi connectivity index (χ3v) is 2.99. The molecule has 0 aromatic rings. The summed E-state index contributed by atoms with van der Waals surface area (Å²) in [5, 5.41) is 19.4. The van der Waals surface area contributed by atoms with Crippen molar-refractivity contribution in [2.45, 2.75) is 36.8 Å². The molecule has 2 rings (SSSR count). The maximum Gasteiger partial charge on any atom is 0.410 e. The Morgan fingerprint density at radius 2 is 2.21 bits per heavy atom. The van der Waals surface area contributed by atoms with Crippen molar-refractivity contribution in [1.29, 1.82) is 0 Å². The normalized spacial score (nSPS) is 47.6. The van der Waals surface area contributed by atoms with Gasteiger partial charge in [-0.05, 0) is 6.42 Å². The summed E-state index contributed by atoms with van der Waals surface area (Å²) in [7, 11) is 1.54. The van der Waals surface area contributed by atoms with Gasteiger partial charge in [0.25, 0.3) is 0 Å². The Kier molecular flexibility index (Phi) is 2.13. The Morgan fingerprint density at radius 1 is 1.57 bits per heavy atom. The van der Waals surface area contributed by atoms with Gasteiger partial charge in [-0.1, -0.05) is 0 Å². The average molecular weight is 202 g/mol. The SMILES string of the molecule is CN1C(=O)O[C@@H]2[C@H](O)[C@@H](N)C[C@H](O)[C@@H]21. The highest BCUT2D eigenvalue weighted by atomic mass is 16.6. The molecule has 1 saturated carbocycles. The molecule has 4 N–H and O–H groups in total. The molecular formula is C8H14N2O4. The van der Waals surface area contributed by atoms with Crippen molar-refractivity contribution in [3.8, 4) is 0 Å². The van der Waals surface area contributed by atoms with E-state index in [9.17, 15) is 15.0 Å². The first-order chi connectivity index (χ1) is 6.52. The van der Waals surface area contributed by atoms with Crippen LogP contribution in [0.15, 0.2) is 0 Å². The van der Waals surface area contributed by atoms with E-state index in [0.29, 0.717) is 0 Å². The first kappa shape index (κ1) is 9.70. The Hall–Kier alpha value is -0.850. The van der Waals surface area contributed by atoms with Crippen molar-refractivity contribution in [2.75, 3.05) is 7.05 Å². The Balaban J connectivity index is 2.24. The molecule has 0 radical (unpaired) electrons. The van der Waals surface area contributed by atoms with Gasteiger partial charge in [-0.3, -0.25) is 0 Å². The number of nitrogens with two attached hydrogens (primary N) is 1. The van der Waals surface area contributed by atoms with E-state index >= 15 is 0 Å². The minimum atomic E-state index is -0.891. The molecule has 2 fully saturated rings. The van der Waals surface area contributed by atoms with E-state index in [4.69, 9.17) is 10.5 Å². The summed E-state index contributed by atoms with van der Waals surface area (Å²) in [4.78, 5) is 12.5. The van der Waals surface area contributed by atoms with Crippen molar-refractivity contribution in [2.24, 2.45) is 5.73 Å². The number of amides is 1. The van der Waals surface area contributed by atoms with Gasteiger partial charge in [-0.2, -0.15) is 0 Å². The van der Waals surface area contributed by atoms with Gasteiger partial charge in [0.05, 0.1) is 6.10 Å². The van der Waals surface area contributed by atoms with Gasteiger partial charge >= 0.3 is 6.09 Å². The van der Waals surface area contributed by atoms with Crippen LogP contribution in [0.3, 0.4) is 0 Å². The molecule has 6 heteroatoms. The van der Waals surface area contributed by atoms with E-state index in [0.717, 1.165) is 0 Å². The summed E-state index contributed by atoms with van der Waals surface area (Å²) in [6.45, 7) is 0. The molecule has 1 saturated heterocycles. The topological polar surface area (TPSA) is 96.0 Å². The van der Waals surface area contributed by atoms with Gasteiger partial charge in [0.2, 0.25) is 0 Å². The standard InChI is InChI=1S/C8H14N2O4/c1-10-5-4(11)2-3(9)6(12)7(5)14-8(10)13/h3-7,11-12H,2,9H2,1H3/t3-,4-,5-,6+,7-/m0/s1. The minimum absolute atomic E-state index is 0.281. The van der Waals surface area contributed by atoms with E-state index in [1.54, 1.807) is 7.05 Å². The fraction of sp³-hybridized carbons (Fsp3) is 0.875. The van der Waals surface area contributed by atoms with Crippen LogP contribution in [0.2, 0.25) is 0 Å². The largest absolute Gasteiger partial charge is 0.441 e. The number of rotatable bonds is 0. The van der Waals surface area contributed by atoms with Gasteiger partial charge in [0.15, 0.2) is 6.10 Å². The van der Waals surface area contributed by atoms with E-state index in [2.05, 4.69) is 0 Å². The second kappa shape index (κ2) is 3.08. The molecule has 1 amide bonds. The monoisotopic (exact) mass is 202 g/mol. The zero-order valence-electron chi connectivity index (χ0n) is 7.83. The second-order valence-corrected chi connectivity index (χ2v) is 3.91. The van der Waals surface area contributed by atoms with Crippen LogP contribution in [0, 0.1) is 0 Å². The number of hydrogen-bond acceptors (Lipinski definition) is 5. The summed E-state index contributed by atoms with van der Waals surface area (Å²) in [5.74, 6) is 0. The lowest BCUT2D eigenvalue weighted by Crippen LogP contribution is -2.59. The number of fused-ring (bicyclic) bond motifs is 1. The van der Waals surface area contributed by atoms with Gasteiger partial charge in [-0.25, -0.2) is 4.79 Å². The van der Waals surface area contributed by atoms with Crippen molar-refractivity contribution < 1.29 is 19.7 Å². The molecule has 0 aromatic heterocycles. The number of carbonyl (C=O) groups is 1. The predicted molar refractivity (Wildman–Crippen MR) is 46.4 cm³/mol. The van der Waals surface area contributed by atoms with Gasteiger partial charge in [0, 0.05) is 13.1 Å². The molecule has 2 aliphatic rings. The number of aliphatic hydroxyl groups excluding tert-OH is 2. The summed E-state index contributed by atoms with van der Waals surface area (Å²) >= 11 is 0. The van der Waals surface area contributed by atoms with Crippen molar-refractivity contribution >= 4 is 6.09 Å². The highest BCUT2D eigenvalue weighted by Crippen LogP contribution is 2.30. The van der Waals surface area contributed by atoms with Crippen LogP contribution in [0.5, 0.6) is 0 Å². The molecule has 6 nitrogen and oxygen atoms in total. The van der Waals surface area contributed by atoms with Crippen LogP contribution in [0.1, 0.15) is 6.42 Å². The number of likely N-dealkylation sites (N-methyl/N-ethyl adjacent to an activating group) is 1. The maximum absolute atomic E-state index is 11.2. The zero-order chi connectivity index (χ0) is 10.5. The van der Waals surface area contributed by atoms with E-state index in [1.165, 1.54) is 4.90 Å². The Morgan fingerprint density at radius 3 is 2.86 bits per heavy atom. The van der Waals surface area contributed by atoms with Crippen LogP contribution in [0.4, 0.5) is 4.79 Å². The lowest BCUT2D eigenvalue weighted by Gasteiger charge is -2.37. The van der Waals surface area contributed by atoms with E-state index in [-0.39, 0.29) is 6.42 Å². The quantitative estimate of drug-likeness (QED) is 0.433. The summed E-state index contributed by atoms with van der Waals surface area (Å²) in [6.07, 6.45) is -2.56. The molecule has 0 unspecified atom stereocenters. The predicted octanol–water partition coefficient (Wildman–Crippen LogP) is -1.74. The van der Waals surface area contributed by atoms with Crippen LogP contribution < -0.4 is 5.73 Å². The Bertz CT molecular complexity index is 260. The minimum Gasteiger partial charge on any atom is -0.441 e. The zero-order valence-corrected chi connectivity index (χ0v) is 7.83. The number of ether oxygens (including phenoxy) is 1.